The molecule has 0 N–H and O–H groups in total. The normalized spacial score (nSPS) is 22.7. The SMILES string of the molecule is [C]1=C(c2cnco2)SC(C2CCC2)N1c1ccccc1. The summed E-state index contributed by atoms with van der Waals surface area (Å²) in [7, 11) is 0. The van der Waals surface area contributed by atoms with Crippen LogP contribution < -0.4 is 4.90 Å². The van der Waals surface area contributed by atoms with E-state index in [1.807, 2.05) is 17.8 Å². The molecule has 1 aliphatic carbocycles. The lowest BCUT2D eigenvalue weighted by Gasteiger charge is -2.36. The second-order valence-corrected chi connectivity index (χ2v) is 6.34. The summed E-state index contributed by atoms with van der Waals surface area (Å²) in [5.74, 6) is 1.56. The lowest BCUT2D eigenvalue weighted by Crippen LogP contribution is -2.35. The van der Waals surface area contributed by atoms with E-state index in [1.54, 1.807) is 6.20 Å². The van der Waals surface area contributed by atoms with E-state index in [2.05, 4.69) is 40.3 Å². The number of anilines is 1. The van der Waals surface area contributed by atoms with Crippen molar-refractivity contribution in [3.63, 3.8) is 0 Å². The van der Waals surface area contributed by atoms with Gasteiger partial charge in [-0.15, -0.1) is 0 Å². The summed E-state index contributed by atoms with van der Waals surface area (Å²) in [5.41, 5.74) is 1.20. The minimum absolute atomic E-state index is 0.436. The molecule has 1 fully saturated rings. The van der Waals surface area contributed by atoms with Gasteiger partial charge in [-0.05, 0) is 30.9 Å². The van der Waals surface area contributed by atoms with Crippen molar-refractivity contribution in [3.8, 4) is 0 Å². The van der Waals surface area contributed by atoms with Crippen LogP contribution in [-0.2, 0) is 0 Å². The first kappa shape index (κ1) is 12.1. The van der Waals surface area contributed by atoms with Crippen LogP contribution in [0.4, 0.5) is 5.69 Å². The number of hydrogen-bond donors (Lipinski definition) is 0. The van der Waals surface area contributed by atoms with Crippen molar-refractivity contribution in [2.24, 2.45) is 5.92 Å². The molecule has 1 aromatic heterocycles. The third kappa shape index (κ3) is 2.04. The van der Waals surface area contributed by atoms with Gasteiger partial charge in [0.25, 0.3) is 0 Å². The first-order chi connectivity index (χ1) is 9.92. The lowest BCUT2D eigenvalue weighted by molar-refractivity contribution is 0.308. The van der Waals surface area contributed by atoms with Crippen LogP contribution in [0.5, 0.6) is 0 Å². The molecule has 1 saturated carbocycles. The van der Waals surface area contributed by atoms with Gasteiger partial charge in [0.05, 0.1) is 22.7 Å². The van der Waals surface area contributed by atoms with E-state index in [9.17, 15) is 0 Å². The maximum absolute atomic E-state index is 5.42. The monoisotopic (exact) mass is 283 g/mol. The van der Waals surface area contributed by atoms with Crippen LogP contribution in [0.25, 0.3) is 4.91 Å². The highest BCUT2D eigenvalue weighted by atomic mass is 32.2. The molecule has 0 saturated heterocycles. The Balaban J connectivity index is 1.68. The van der Waals surface area contributed by atoms with Gasteiger partial charge in [0.15, 0.2) is 12.2 Å². The molecular weight excluding hydrogens is 268 g/mol. The topological polar surface area (TPSA) is 29.3 Å². The van der Waals surface area contributed by atoms with Crippen molar-refractivity contribution >= 4 is 22.4 Å². The molecule has 101 valence electrons. The van der Waals surface area contributed by atoms with Crippen LogP contribution in [-0.4, -0.2) is 10.4 Å². The minimum atomic E-state index is 0.436. The summed E-state index contributed by atoms with van der Waals surface area (Å²) >= 11 is 1.85. The van der Waals surface area contributed by atoms with E-state index in [-0.39, 0.29) is 0 Å². The second-order valence-electron chi connectivity index (χ2n) is 5.21. The molecule has 0 spiro atoms. The molecule has 1 unspecified atom stereocenters. The Morgan fingerprint density at radius 1 is 1.25 bits per heavy atom. The van der Waals surface area contributed by atoms with Gasteiger partial charge in [-0.3, -0.25) is 0 Å². The zero-order valence-corrected chi connectivity index (χ0v) is 11.8. The molecule has 1 aliphatic heterocycles. The standard InChI is InChI=1S/C16H15N2OS/c1-2-7-13(8-3-1)18-10-15(14-9-17-11-19-14)20-16(18)12-5-4-6-12/h1-3,7-9,11-12,16H,4-6H2. The van der Waals surface area contributed by atoms with Crippen LogP contribution in [0.3, 0.4) is 0 Å². The molecular formula is C16H15N2OS. The quantitative estimate of drug-likeness (QED) is 0.846. The number of rotatable bonds is 3. The Morgan fingerprint density at radius 3 is 2.75 bits per heavy atom. The van der Waals surface area contributed by atoms with Crippen molar-refractivity contribution in [1.82, 2.24) is 4.98 Å². The smallest absolute Gasteiger partial charge is 0.181 e. The molecule has 4 heteroatoms. The van der Waals surface area contributed by atoms with Crippen molar-refractivity contribution in [1.29, 1.82) is 0 Å². The maximum atomic E-state index is 5.42. The predicted octanol–water partition coefficient (Wildman–Crippen LogP) is 4.16. The first-order valence-corrected chi connectivity index (χ1v) is 7.83. The number of thioether (sulfide) groups is 1. The predicted molar refractivity (Wildman–Crippen MR) is 80.8 cm³/mol. The van der Waals surface area contributed by atoms with Crippen molar-refractivity contribution < 1.29 is 4.42 Å². The molecule has 4 rings (SSSR count). The molecule has 0 amide bonds. The highest BCUT2D eigenvalue weighted by Crippen LogP contribution is 2.48. The molecule has 1 radical (unpaired) electrons. The number of aromatic nitrogens is 1. The summed E-state index contributed by atoms with van der Waals surface area (Å²) in [4.78, 5) is 7.34. The van der Waals surface area contributed by atoms with Crippen molar-refractivity contribution in [2.45, 2.75) is 24.6 Å². The van der Waals surface area contributed by atoms with E-state index in [1.165, 1.54) is 31.3 Å². The molecule has 2 heterocycles. The maximum Gasteiger partial charge on any atom is 0.181 e. The number of hydrogen-bond acceptors (Lipinski definition) is 4. The van der Waals surface area contributed by atoms with Gasteiger partial charge >= 0.3 is 0 Å². The van der Waals surface area contributed by atoms with Gasteiger partial charge in [-0.25, -0.2) is 4.98 Å². The van der Waals surface area contributed by atoms with Crippen LogP contribution in [0, 0.1) is 12.1 Å². The summed E-state index contributed by atoms with van der Waals surface area (Å²) in [5, 5.41) is 0.436. The molecule has 1 aromatic carbocycles. The van der Waals surface area contributed by atoms with Gasteiger partial charge in [0.1, 0.15) is 0 Å². The fourth-order valence-corrected chi connectivity index (χ4v) is 4.00. The van der Waals surface area contributed by atoms with Crippen LogP contribution in [0.1, 0.15) is 25.0 Å². The summed E-state index contributed by atoms with van der Waals surface area (Å²) in [6.07, 6.45) is 10.7. The zero-order valence-electron chi connectivity index (χ0n) is 11.0. The molecule has 3 nitrogen and oxygen atoms in total. The van der Waals surface area contributed by atoms with Crippen LogP contribution >= 0.6 is 11.8 Å². The highest BCUT2D eigenvalue weighted by molar-refractivity contribution is 8.09. The van der Waals surface area contributed by atoms with E-state index in [0.29, 0.717) is 5.37 Å². The lowest BCUT2D eigenvalue weighted by atomic mass is 9.84. The Morgan fingerprint density at radius 2 is 2.10 bits per heavy atom. The third-order valence-electron chi connectivity index (χ3n) is 3.96. The van der Waals surface area contributed by atoms with Crippen molar-refractivity contribution in [3.05, 3.63) is 54.9 Å². The van der Waals surface area contributed by atoms with Gasteiger partial charge in [0.2, 0.25) is 0 Å². The average molecular weight is 283 g/mol. The number of benzene rings is 1. The summed E-state index contributed by atoms with van der Waals surface area (Å²) in [6, 6.07) is 10.5. The Bertz CT molecular complexity index is 605. The van der Waals surface area contributed by atoms with Crippen LogP contribution in [0.2, 0.25) is 0 Å². The molecule has 2 aromatic rings. The fraction of sp³-hybridized carbons (Fsp3) is 0.312. The van der Waals surface area contributed by atoms with Gasteiger partial charge in [-0.2, -0.15) is 0 Å². The van der Waals surface area contributed by atoms with E-state index >= 15 is 0 Å². The third-order valence-corrected chi connectivity index (χ3v) is 5.32. The molecule has 0 bridgehead atoms. The average Bonchev–Trinajstić information content (AvgIpc) is 3.06. The largest absolute Gasteiger partial charge is 0.443 e. The number of oxazole rings is 1. The second kappa shape index (κ2) is 5.02. The van der Waals surface area contributed by atoms with E-state index in [4.69, 9.17) is 4.42 Å². The number of nitrogens with zero attached hydrogens (tertiary/aromatic N) is 2. The van der Waals surface area contributed by atoms with Gasteiger partial charge in [0, 0.05) is 5.69 Å². The summed E-state index contributed by atoms with van der Waals surface area (Å²) in [6.45, 7) is 0. The minimum Gasteiger partial charge on any atom is -0.443 e. The Hall–Kier alpha value is -1.68. The van der Waals surface area contributed by atoms with E-state index < -0.39 is 0 Å². The van der Waals surface area contributed by atoms with E-state index in [0.717, 1.165) is 16.6 Å². The highest BCUT2D eigenvalue weighted by Gasteiger charge is 2.37. The molecule has 2 aliphatic rings. The first-order valence-electron chi connectivity index (χ1n) is 6.95. The Labute approximate surface area is 122 Å². The van der Waals surface area contributed by atoms with Crippen molar-refractivity contribution in [2.75, 3.05) is 4.90 Å². The fourth-order valence-electron chi connectivity index (χ4n) is 2.65. The number of para-hydroxylation sites is 1. The summed E-state index contributed by atoms with van der Waals surface area (Å²) < 4.78 is 5.42. The molecule has 1 atom stereocenters. The zero-order chi connectivity index (χ0) is 13.4. The Kier molecular flexibility index (Phi) is 3.03. The van der Waals surface area contributed by atoms with Crippen LogP contribution in [0.15, 0.2) is 47.3 Å². The van der Waals surface area contributed by atoms with Gasteiger partial charge in [-0.1, -0.05) is 36.4 Å². The molecule has 20 heavy (non-hydrogen) atoms. The van der Waals surface area contributed by atoms with Gasteiger partial charge < -0.3 is 9.32 Å².